The molecule has 0 saturated carbocycles. The summed E-state index contributed by atoms with van der Waals surface area (Å²) in [6.45, 7) is 11.4. The number of benzene rings is 1. The van der Waals surface area contributed by atoms with E-state index in [0.29, 0.717) is 46.0 Å². The van der Waals surface area contributed by atoms with E-state index < -0.39 is 29.5 Å². The van der Waals surface area contributed by atoms with E-state index in [9.17, 15) is 18.8 Å². The van der Waals surface area contributed by atoms with Crippen molar-refractivity contribution in [1.82, 2.24) is 19.7 Å². The van der Waals surface area contributed by atoms with Crippen LogP contribution in [0.2, 0.25) is 25.7 Å². The van der Waals surface area contributed by atoms with E-state index in [2.05, 4.69) is 34.8 Å². The smallest absolute Gasteiger partial charge is 0.246 e. The molecule has 1 aromatic carbocycles. The summed E-state index contributed by atoms with van der Waals surface area (Å²) in [6.07, 6.45) is -1.50. The second-order valence-electron chi connectivity index (χ2n) is 11.6. The molecule has 4 aromatic rings. The molecule has 0 saturated heterocycles. The minimum atomic E-state index is -4.32. The maximum absolute atomic E-state index is 14.5. The fourth-order valence-electron chi connectivity index (χ4n) is 4.66. The minimum Gasteiger partial charge on any atom is -0.494 e. The van der Waals surface area contributed by atoms with Crippen LogP contribution >= 0.6 is 0 Å². The number of ether oxygens (including phenoxy) is 2. The van der Waals surface area contributed by atoms with Crippen LogP contribution in [-0.2, 0) is 10.0 Å². The standard InChI is InChI=1S/C30H38N6O6SSi/c1-19-12-15-26(42-19)29-33-34-30(36(29)27-24(40-4)10-9-11-25(27)41-5)35(16-17-44(6,7)8)43(38,39)21(3)28(37)23-14-13-22(18-31)20(2)32-23/h9-15,21,28,37H,16-17H2,1-8H3/t21-,28-/m1/s1. The normalized spacial score (nSPS) is 13.3. The number of aromatic nitrogens is 4. The van der Waals surface area contributed by atoms with Crippen molar-refractivity contribution >= 4 is 24.0 Å². The zero-order valence-electron chi connectivity index (χ0n) is 26.2. The lowest BCUT2D eigenvalue weighted by molar-refractivity contribution is 0.171. The van der Waals surface area contributed by atoms with Gasteiger partial charge in [0.15, 0.2) is 5.76 Å². The van der Waals surface area contributed by atoms with Gasteiger partial charge in [-0.15, -0.1) is 10.2 Å². The number of sulfonamides is 1. The van der Waals surface area contributed by atoms with Crippen molar-refractivity contribution in [3.63, 3.8) is 0 Å². The average molecular weight is 639 g/mol. The highest BCUT2D eigenvalue weighted by molar-refractivity contribution is 7.93. The van der Waals surface area contributed by atoms with Gasteiger partial charge in [-0.25, -0.2) is 12.7 Å². The topological polar surface area (TPSA) is 157 Å². The van der Waals surface area contributed by atoms with Gasteiger partial charge in [0.25, 0.3) is 0 Å². The quantitative estimate of drug-likeness (QED) is 0.209. The molecular formula is C30H38N6O6SSi. The SMILES string of the molecule is COc1cccc(OC)c1-n1c(-c2ccc(C)o2)nnc1N(CC[Si](C)(C)C)S(=O)(=O)[C@H](C)[C@@H](O)c1ccc(C#N)c(C)n1. The highest BCUT2D eigenvalue weighted by Crippen LogP contribution is 2.40. The van der Waals surface area contributed by atoms with E-state index in [1.807, 2.05) is 6.07 Å². The Bertz CT molecular complexity index is 1770. The van der Waals surface area contributed by atoms with Crippen LogP contribution in [-0.4, -0.2) is 67.4 Å². The summed E-state index contributed by atoms with van der Waals surface area (Å²) >= 11 is 0. The highest BCUT2D eigenvalue weighted by atomic mass is 32.2. The van der Waals surface area contributed by atoms with Gasteiger partial charge < -0.3 is 19.0 Å². The molecule has 0 aliphatic heterocycles. The van der Waals surface area contributed by atoms with Crippen molar-refractivity contribution in [1.29, 1.82) is 5.26 Å². The van der Waals surface area contributed by atoms with Crippen molar-refractivity contribution in [2.24, 2.45) is 0 Å². The number of nitrogens with zero attached hydrogens (tertiary/aromatic N) is 6. The van der Waals surface area contributed by atoms with E-state index in [0.717, 1.165) is 0 Å². The van der Waals surface area contributed by atoms with E-state index in [1.54, 1.807) is 48.7 Å². The van der Waals surface area contributed by atoms with E-state index in [1.165, 1.54) is 37.6 Å². The fourth-order valence-corrected chi connectivity index (χ4v) is 7.27. The molecular weight excluding hydrogens is 601 g/mol. The predicted octanol–water partition coefficient (Wildman–Crippen LogP) is 5.02. The number of anilines is 1. The van der Waals surface area contributed by atoms with Gasteiger partial charge in [0.1, 0.15) is 40.4 Å². The number of methoxy groups -OCH3 is 2. The molecule has 2 atom stereocenters. The lowest BCUT2D eigenvalue weighted by Gasteiger charge is -2.31. The molecule has 1 N–H and O–H groups in total. The Labute approximate surface area is 259 Å². The van der Waals surface area contributed by atoms with Crippen LogP contribution in [0.15, 0.2) is 46.9 Å². The van der Waals surface area contributed by atoms with Crippen LogP contribution in [0.4, 0.5) is 5.95 Å². The van der Waals surface area contributed by atoms with Gasteiger partial charge in [-0.3, -0.25) is 9.55 Å². The number of furan rings is 1. The summed E-state index contributed by atoms with van der Waals surface area (Å²) in [5.41, 5.74) is 1.26. The van der Waals surface area contributed by atoms with E-state index >= 15 is 0 Å². The van der Waals surface area contributed by atoms with Gasteiger partial charge in [0.05, 0.1) is 31.2 Å². The molecule has 0 aliphatic carbocycles. The highest BCUT2D eigenvalue weighted by Gasteiger charge is 2.40. The molecule has 0 unspecified atom stereocenters. The van der Waals surface area contributed by atoms with Crippen LogP contribution in [0.3, 0.4) is 0 Å². The second kappa shape index (κ2) is 12.8. The molecule has 0 spiro atoms. The van der Waals surface area contributed by atoms with Gasteiger partial charge in [-0.2, -0.15) is 5.26 Å². The van der Waals surface area contributed by atoms with Gasteiger partial charge in [0.2, 0.25) is 21.8 Å². The number of hydrogen-bond donors (Lipinski definition) is 1. The molecule has 0 bridgehead atoms. The lowest BCUT2D eigenvalue weighted by atomic mass is 10.1. The number of aliphatic hydroxyl groups excluding tert-OH is 1. The molecule has 234 valence electrons. The van der Waals surface area contributed by atoms with Gasteiger partial charge in [-0.1, -0.05) is 25.7 Å². The average Bonchev–Trinajstić information content (AvgIpc) is 3.61. The third-order valence-electron chi connectivity index (χ3n) is 7.27. The number of pyridine rings is 1. The molecule has 0 radical (unpaired) electrons. The number of para-hydroxylation sites is 1. The number of aryl methyl sites for hydroxylation is 2. The zero-order valence-corrected chi connectivity index (χ0v) is 28.0. The monoisotopic (exact) mass is 638 g/mol. The first kappa shape index (κ1) is 32.7. The molecule has 0 amide bonds. The van der Waals surface area contributed by atoms with Crippen LogP contribution in [0, 0.1) is 25.2 Å². The summed E-state index contributed by atoms with van der Waals surface area (Å²) in [5, 5.41) is 28.1. The molecule has 3 heterocycles. The van der Waals surface area contributed by atoms with Crippen molar-refractivity contribution in [3.05, 3.63) is 65.2 Å². The second-order valence-corrected chi connectivity index (χ2v) is 19.5. The number of nitriles is 1. The number of aliphatic hydroxyl groups is 1. The Hall–Kier alpha value is -4.19. The van der Waals surface area contributed by atoms with E-state index in [-0.39, 0.29) is 24.0 Å². The molecule has 12 nitrogen and oxygen atoms in total. The Morgan fingerprint density at radius 1 is 1.07 bits per heavy atom. The summed E-state index contributed by atoms with van der Waals surface area (Å²) in [4.78, 5) is 4.33. The first-order chi connectivity index (χ1) is 20.7. The molecule has 4 rings (SSSR count). The van der Waals surface area contributed by atoms with Crippen molar-refractivity contribution in [3.8, 4) is 34.8 Å². The Balaban J connectivity index is 1.96. The Kier molecular flexibility index (Phi) is 9.52. The Morgan fingerprint density at radius 3 is 2.25 bits per heavy atom. The third-order valence-corrected chi connectivity index (χ3v) is 11.2. The van der Waals surface area contributed by atoms with Crippen molar-refractivity contribution in [2.75, 3.05) is 25.1 Å². The van der Waals surface area contributed by atoms with Crippen LogP contribution in [0.25, 0.3) is 17.3 Å². The Morgan fingerprint density at radius 2 is 1.73 bits per heavy atom. The molecule has 14 heteroatoms. The predicted molar refractivity (Wildman–Crippen MR) is 169 cm³/mol. The first-order valence-electron chi connectivity index (χ1n) is 14.0. The molecule has 0 aliphatic rings. The molecule has 0 fully saturated rings. The summed E-state index contributed by atoms with van der Waals surface area (Å²) in [6, 6.07) is 14.3. The summed E-state index contributed by atoms with van der Waals surface area (Å²) < 4.78 is 49.2. The molecule has 44 heavy (non-hydrogen) atoms. The number of hydrogen-bond acceptors (Lipinski definition) is 10. The third kappa shape index (κ3) is 6.49. The zero-order chi connectivity index (χ0) is 32.4. The maximum atomic E-state index is 14.5. The minimum absolute atomic E-state index is 0.0156. The van der Waals surface area contributed by atoms with Gasteiger partial charge >= 0.3 is 0 Å². The summed E-state index contributed by atoms with van der Waals surface area (Å²) in [7, 11) is -3.11. The lowest BCUT2D eigenvalue weighted by Crippen LogP contribution is -2.44. The fraction of sp³-hybridized carbons (Fsp3) is 0.400. The van der Waals surface area contributed by atoms with Crippen LogP contribution in [0.5, 0.6) is 11.5 Å². The van der Waals surface area contributed by atoms with Crippen LogP contribution < -0.4 is 13.8 Å². The van der Waals surface area contributed by atoms with Crippen molar-refractivity contribution < 1.29 is 27.4 Å². The van der Waals surface area contributed by atoms with Crippen LogP contribution in [0.1, 0.15) is 35.7 Å². The van der Waals surface area contributed by atoms with Gasteiger partial charge in [-0.05, 0) is 63.2 Å². The number of rotatable bonds is 12. The first-order valence-corrected chi connectivity index (χ1v) is 19.3. The summed E-state index contributed by atoms with van der Waals surface area (Å²) in [5.74, 6) is 2.00. The van der Waals surface area contributed by atoms with E-state index in [4.69, 9.17) is 13.9 Å². The van der Waals surface area contributed by atoms with Crippen molar-refractivity contribution in [2.45, 2.75) is 57.8 Å². The largest absolute Gasteiger partial charge is 0.494 e. The maximum Gasteiger partial charge on any atom is 0.246 e. The van der Waals surface area contributed by atoms with Gasteiger partial charge in [0, 0.05) is 14.6 Å². The molecule has 3 aromatic heterocycles.